The largest absolute Gasteiger partial charge is 0.374 e. The minimum absolute atomic E-state index is 0.165. The van der Waals surface area contributed by atoms with E-state index in [0.717, 1.165) is 37.2 Å². The lowest BCUT2D eigenvalue weighted by atomic mass is 10.2. The number of carbonyl (C=O) groups excluding carboxylic acids is 1. The lowest BCUT2D eigenvalue weighted by Gasteiger charge is -2.21. The molecule has 18 heavy (non-hydrogen) atoms. The Labute approximate surface area is 108 Å². The van der Waals surface area contributed by atoms with Crippen molar-refractivity contribution in [1.82, 2.24) is 4.90 Å². The van der Waals surface area contributed by atoms with Crippen LogP contribution in [0.1, 0.15) is 25.3 Å². The number of anilines is 1. The van der Waals surface area contributed by atoms with Crippen LogP contribution in [0.3, 0.4) is 0 Å². The summed E-state index contributed by atoms with van der Waals surface area (Å²) in [7, 11) is 0. The van der Waals surface area contributed by atoms with Gasteiger partial charge in [0.15, 0.2) is 0 Å². The van der Waals surface area contributed by atoms with Gasteiger partial charge >= 0.3 is 0 Å². The van der Waals surface area contributed by atoms with Crippen LogP contribution in [0.2, 0.25) is 0 Å². The molecule has 0 bridgehead atoms. The molecule has 1 aliphatic heterocycles. The maximum atomic E-state index is 12.1. The lowest BCUT2D eigenvalue weighted by molar-refractivity contribution is -0.130. The van der Waals surface area contributed by atoms with Crippen LogP contribution in [-0.2, 0) is 4.79 Å². The van der Waals surface area contributed by atoms with Crippen molar-refractivity contribution in [1.29, 1.82) is 0 Å². The first-order valence-electron chi connectivity index (χ1n) is 6.32. The van der Waals surface area contributed by atoms with Gasteiger partial charge in [-0.3, -0.25) is 4.79 Å². The molecule has 3 nitrogen and oxygen atoms in total. The van der Waals surface area contributed by atoms with Crippen LogP contribution in [0.5, 0.6) is 0 Å². The smallest absolute Gasteiger partial charge is 0.244 e. The fraction of sp³-hybridized carbons (Fsp3) is 0.400. The third kappa shape index (κ3) is 2.84. The Kier molecular flexibility index (Phi) is 3.88. The van der Waals surface area contributed by atoms with Crippen molar-refractivity contribution in [2.45, 2.75) is 25.8 Å². The molecule has 1 aliphatic rings. The molecule has 1 aromatic carbocycles. The average molecular weight is 242 g/mol. The quantitative estimate of drug-likeness (QED) is 0.823. The van der Waals surface area contributed by atoms with Gasteiger partial charge in [0.25, 0.3) is 0 Å². The first-order valence-corrected chi connectivity index (χ1v) is 6.32. The molecular weight excluding hydrogens is 224 g/mol. The van der Waals surface area contributed by atoms with Crippen LogP contribution in [0, 0.1) is 12.3 Å². The van der Waals surface area contributed by atoms with E-state index in [1.807, 2.05) is 36.1 Å². The Morgan fingerprint density at radius 1 is 1.44 bits per heavy atom. The van der Waals surface area contributed by atoms with Gasteiger partial charge in [-0.25, -0.2) is 0 Å². The van der Waals surface area contributed by atoms with Gasteiger partial charge in [-0.2, -0.15) is 0 Å². The summed E-state index contributed by atoms with van der Waals surface area (Å²) in [5.74, 6) is 2.75. The standard InChI is InChI=1S/C15H18N2O/c1-3-13-7-6-8-14(11-13)16-12(2)15(18)17-9-4-5-10-17/h1,6-8,11-12,16H,4-5,9-10H2,2H3. The van der Waals surface area contributed by atoms with Crippen molar-refractivity contribution < 1.29 is 4.79 Å². The number of amides is 1. The molecule has 1 aromatic rings. The van der Waals surface area contributed by atoms with E-state index in [1.165, 1.54) is 0 Å². The van der Waals surface area contributed by atoms with Gasteiger partial charge in [0.2, 0.25) is 5.91 Å². The van der Waals surface area contributed by atoms with Gasteiger partial charge in [-0.15, -0.1) is 6.42 Å². The number of carbonyl (C=O) groups is 1. The zero-order valence-electron chi connectivity index (χ0n) is 10.6. The van der Waals surface area contributed by atoms with Crippen LogP contribution >= 0.6 is 0 Å². The molecule has 0 radical (unpaired) electrons. The second-order valence-corrected chi connectivity index (χ2v) is 4.62. The molecule has 1 unspecified atom stereocenters. The van der Waals surface area contributed by atoms with E-state index < -0.39 is 0 Å². The van der Waals surface area contributed by atoms with Crippen molar-refractivity contribution >= 4 is 11.6 Å². The molecular formula is C15H18N2O. The highest BCUT2D eigenvalue weighted by molar-refractivity contribution is 5.84. The van der Waals surface area contributed by atoms with Crippen LogP contribution in [0.4, 0.5) is 5.69 Å². The molecule has 94 valence electrons. The zero-order chi connectivity index (χ0) is 13.0. The van der Waals surface area contributed by atoms with E-state index in [-0.39, 0.29) is 11.9 Å². The molecule has 0 aromatic heterocycles. The molecule has 1 amide bonds. The third-order valence-corrected chi connectivity index (χ3v) is 3.20. The fourth-order valence-corrected chi connectivity index (χ4v) is 2.22. The van der Waals surface area contributed by atoms with E-state index in [0.29, 0.717) is 0 Å². The molecule has 0 aliphatic carbocycles. The van der Waals surface area contributed by atoms with Crippen LogP contribution in [0.25, 0.3) is 0 Å². The predicted molar refractivity (Wildman–Crippen MR) is 73.3 cm³/mol. The summed E-state index contributed by atoms with van der Waals surface area (Å²) in [5, 5.41) is 3.21. The highest BCUT2D eigenvalue weighted by Gasteiger charge is 2.22. The zero-order valence-corrected chi connectivity index (χ0v) is 10.6. The first kappa shape index (κ1) is 12.5. The summed E-state index contributed by atoms with van der Waals surface area (Å²) in [6.45, 7) is 3.66. The SMILES string of the molecule is C#Cc1cccc(NC(C)C(=O)N2CCCC2)c1. The number of benzene rings is 1. The summed E-state index contributed by atoms with van der Waals surface area (Å²) in [6, 6.07) is 7.36. The number of likely N-dealkylation sites (tertiary alicyclic amines) is 1. The molecule has 1 fully saturated rings. The number of nitrogens with zero attached hydrogens (tertiary/aromatic N) is 1. The summed E-state index contributed by atoms with van der Waals surface area (Å²) < 4.78 is 0. The van der Waals surface area contributed by atoms with Crippen molar-refractivity contribution in [3.63, 3.8) is 0 Å². The second kappa shape index (κ2) is 5.59. The highest BCUT2D eigenvalue weighted by atomic mass is 16.2. The Morgan fingerprint density at radius 2 is 2.17 bits per heavy atom. The Balaban J connectivity index is 1.99. The topological polar surface area (TPSA) is 32.3 Å². The number of hydrogen-bond acceptors (Lipinski definition) is 2. The second-order valence-electron chi connectivity index (χ2n) is 4.62. The molecule has 1 saturated heterocycles. The lowest BCUT2D eigenvalue weighted by Crippen LogP contribution is -2.39. The van der Waals surface area contributed by atoms with Gasteiger partial charge in [0.1, 0.15) is 6.04 Å². The number of rotatable bonds is 3. The van der Waals surface area contributed by atoms with Crippen molar-refractivity contribution in [3.8, 4) is 12.3 Å². The van der Waals surface area contributed by atoms with Crippen LogP contribution < -0.4 is 5.32 Å². The predicted octanol–water partition coefficient (Wildman–Crippen LogP) is 2.09. The van der Waals surface area contributed by atoms with E-state index in [1.54, 1.807) is 0 Å². The Bertz CT molecular complexity index is 470. The van der Waals surface area contributed by atoms with Gasteiger partial charge in [-0.05, 0) is 38.0 Å². The van der Waals surface area contributed by atoms with Crippen molar-refractivity contribution in [2.75, 3.05) is 18.4 Å². The minimum atomic E-state index is -0.212. The molecule has 0 spiro atoms. The Hall–Kier alpha value is -1.95. The van der Waals surface area contributed by atoms with Crippen LogP contribution in [0.15, 0.2) is 24.3 Å². The normalized spacial score (nSPS) is 16.1. The van der Waals surface area contributed by atoms with Gasteiger partial charge in [0.05, 0.1) is 0 Å². The average Bonchev–Trinajstić information content (AvgIpc) is 2.92. The Morgan fingerprint density at radius 3 is 2.83 bits per heavy atom. The maximum Gasteiger partial charge on any atom is 0.244 e. The highest BCUT2D eigenvalue weighted by Crippen LogP contribution is 2.14. The number of nitrogens with one attached hydrogen (secondary N) is 1. The summed E-state index contributed by atoms with van der Waals surface area (Å²) in [4.78, 5) is 14.0. The van der Waals surface area contributed by atoms with E-state index in [2.05, 4.69) is 11.2 Å². The first-order chi connectivity index (χ1) is 8.70. The van der Waals surface area contributed by atoms with Gasteiger partial charge in [0, 0.05) is 24.3 Å². The summed E-state index contributed by atoms with van der Waals surface area (Å²) >= 11 is 0. The fourth-order valence-electron chi connectivity index (χ4n) is 2.22. The van der Waals surface area contributed by atoms with Crippen molar-refractivity contribution in [2.24, 2.45) is 0 Å². The van der Waals surface area contributed by atoms with Gasteiger partial charge in [-0.1, -0.05) is 12.0 Å². The molecule has 1 atom stereocenters. The molecule has 1 N–H and O–H groups in total. The van der Waals surface area contributed by atoms with Crippen molar-refractivity contribution in [3.05, 3.63) is 29.8 Å². The van der Waals surface area contributed by atoms with Gasteiger partial charge < -0.3 is 10.2 Å². The molecule has 3 heteroatoms. The summed E-state index contributed by atoms with van der Waals surface area (Å²) in [6.07, 6.45) is 7.59. The number of hydrogen-bond donors (Lipinski definition) is 1. The van der Waals surface area contributed by atoms with E-state index >= 15 is 0 Å². The molecule has 2 rings (SSSR count). The molecule has 0 saturated carbocycles. The monoisotopic (exact) mass is 242 g/mol. The third-order valence-electron chi connectivity index (χ3n) is 3.20. The summed E-state index contributed by atoms with van der Waals surface area (Å²) in [5.41, 5.74) is 1.71. The van der Waals surface area contributed by atoms with E-state index in [4.69, 9.17) is 6.42 Å². The maximum absolute atomic E-state index is 12.1. The van der Waals surface area contributed by atoms with Crippen LogP contribution in [-0.4, -0.2) is 29.9 Å². The molecule has 1 heterocycles. The van der Waals surface area contributed by atoms with E-state index in [9.17, 15) is 4.79 Å². The minimum Gasteiger partial charge on any atom is -0.374 e. The number of terminal acetylenes is 1.